The molecule has 6 aromatic rings. The van der Waals surface area contributed by atoms with Crippen molar-refractivity contribution >= 4 is 47.4 Å². The van der Waals surface area contributed by atoms with E-state index in [1.807, 2.05) is 0 Å². The second-order valence-electron chi connectivity index (χ2n) is 15.0. The normalized spacial score (nSPS) is 11.4. The fourth-order valence-electron chi connectivity index (χ4n) is 8.82. The van der Waals surface area contributed by atoms with Crippen molar-refractivity contribution in [3.63, 3.8) is 0 Å². The molecule has 0 amide bonds. The minimum absolute atomic E-state index is 0.765. The first kappa shape index (κ1) is 37.2. The van der Waals surface area contributed by atoms with E-state index in [0.29, 0.717) is 0 Å². The van der Waals surface area contributed by atoms with Gasteiger partial charge in [0.1, 0.15) is 0 Å². The molecule has 0 atom stereocenters. The van der Waals surface area contributed by atoms with Gasteiger partial charge >= 0.3 is 325 Å². The van der Waals surface area contributed by atoms with Crippen LogP contribution in [0.1, 0.15) is 66.8 Å². The van der Waals surface area contributed by atoms with Gasteiger partial charge in [-0.15, -0.1) is 0 Å². The van der Waals surface area contributed by atoms with Crippen molar-refractivity contribution in [3.8, 4) is 44.5 Å². The SMILES string of the molecule is Cc1cc(C)c(-c2cc(Cl)cc(-c3c(C)cc(C)cc3C)[c]2[Ge][c]2c(-c3c(C)cc(C)cc3C)cc(Cl)cc2-c2c(C)cc(C)cc2C)c(C)c1. The van der Waals surface area contributed by atoms with Crippen LogP contribution in [0.3, 0.4) is 0 Å². The third-order valence-corrected chi connectivity index (χ3v) is 14.0. The van der Waals surface area contributed by atoms with E-state index in [-0.39, 0.29) is 0 Å². The Morgan fingerprint density at radius 3 is 0.647 bits per heavy atom. The quantitative estimate of drug-likeness (QED) is 0.148. The Labute approximate surface area is 322 Å². The average molecular weight is 768 g/mol. The predicted octanol–water partition coefficient (Wildman–Crippen LogP) is 13.0. The number of hydrogen-bond donors (Lipinski definition) is 0. The van der Waals surface area contributed by atoms with E-state index in [1.165, 1.54) is 120 Å². The van der Waals surface area contributed by atoms with Crippen molar-refractivity contribution < 1.29 is 0 Å². The summed E-state index contributed by atoms with van der Waals surface area (Å²) in [6.07, 6.45) is 0. The molecule has 6 rings (SSSR count). The summed E-state index contributed by atoms with van der Waals surface area (Å²) in [4.78, 5) is 0. The molecule has 0 spiro atoms. The molecule has 258 valence electrons. The van der Waals surface area contributed by atoms with Crippen LogP contribution in [-0.2, 0) is 0 Å². The summed E-state index contributed by atoms with van der Waals surface area (Å²) in [5, 5.41) is 1.53. The third-order valence-electron chi connectivity index (χ3n) is 10.2. The predicted molar refractivity (Wildman–Crippen MR) is 227 cm³/mol. The molecule has 2 radical (unpaired) electrons. The van der Waals surface area contributed by atoms with Crippen molar-refractivity contribution in [1.29, 1.82) is 0 Å². The Bertz CT molecular complexity index is 1960. The van der Waals surface area contributed by atoms with Crippen molar-refractivity contribution in [2.45, 2.75) is 83.1 Å². The second-order valence-corrected chi connectivity index (χ2v) is 18.5. The monoisotopic (exact) mass is 768 g/mol. The number of benzene rings is 6. The summed E-state index contributed by atoms with van der Waals surface area (Å²) in [6, 6.07) is 27.4. The van der Waals surface area contributed by atoms with Gasteiger partial charge in [-0.05, 0) is 0 Å². The molecule has 51 heavy (non-hydrogen) atoms. The van der Waals surface area contributed by atoms with Gasteiger partial charge in [-0.1, -0.05) is 0 Å². The van der Waals surface area contributed by atoms with Crippen LogP contribution in [0, 0.1) is 83.1 Å². The molecule has 0 aliphatic carbocycles. The molecule has 0 heterocycles. The van der Waals surface area contributed by atoms with E-state index in [1.54, 1.807) is 0 Å². The Morgan fingerprint density at radius 1 is 0.294 bits per heavy atom. The van der Waals surface area contributed by atoms with Crippen molar-refractivity contribution in [2.75, 3.05) is 0 Å². The zero-order chi connectivity index (χ0) is 37.0. The van der Waals surface area contributed by atoms with Crippen molar-refractivity contribution in [2.24, 2.45) is 0 Å². The maximum absolute atomic E-state index is 7.18. The summed E-state index contributed by atoms with van der Waals surface area (Å²) in [5.74, 6) is 0. The van der Waals surface area contributed by atoms with E-state index in [4.69, 9.17) is 23.2 Å². The van der Waals surface area contributed by atoms with Crippen LogP contribution in [0.5, 0.6) is 0 Å². The van der Waals surface area contributed by atoms with Crippen LogP contribution in [0.15, 0.2) is 72.8 Å². The minimum atomic E-state index is -1.05. The molecule has 0 N–H and O–H groups in total. The van der Waals surface area contributed by atoms with E-state index < -0.39 is 15.4 Å². The first-order chi connectivity index (χ1) is 24.0. The maximum atomic E-state index is 7.18. The molecule has 0 bridgehead atoms. The van der Waals surface area contributed by atoms with Crippen molar-refractivity contribution in [1.82, 2.24) is 0 Å². The molecule has 0 nitrogen and oxygen atoms in total. The van der Waals surface area contributed by atoms with Crippen LogP contribution in [-0.4, -0.2) is 15.4 Å². The molecule has 0 saturated carbocycles. The Balaban J connectivity index is 1.81. The van der Waals surface area contributed by atoms with Crippen LogP contribution in [0.25, 0.3) is 44.5 Å². The Hall–Kier alpha value is -3.56. The van der Waals surface area contributed by atoms with E-state index >= 15 is 0 Å². The van der Waals surface area contributed by atoms with Crippen LogP contribution >= 0.6 is 23.2 Å². The van der Waals surface area contributed by atoms with Gasteiger partial charge in [0, 0.05) is 0 Å². The molecular formula is C48H48Cl2Ge. The number of hydrogen-bond acceptors (Lipinski definition) is 0. The summed E-state index contributed by atoms with van der Waals surface area (Å²) in [6.45, 7) is 26.7. The standard InChI is InChI=1S/C48H48Cl2Ge/c1-25-13-29(5)43(30(6)14-25)39-21-37(49)22-40(44-31(7)15-26(2)16-32(44)8)47(39)51-48-41(45-33(9)17-27(3)18-34(45)10)23-38(50)24-42(48)46-35(11)19-28(4)20-36(46)12/h13-24H,1-12H3. The number of rotatable bonds is 6. The van der Waals surface area contributed by atoms with Gasteiger partial charge in [0.2, 0.25) is 0 Å². The van der Waals surface area contributed by atoms with Gasteiger partial charge in [-0.25, -0.2) is 0 Å². The summed E-state index contributed by atoms with van der Waals surface area (Å²) < 4.78 is 2.80. The van der Waals surface area contributed by atoms with E-state index in [0.717, 1.165) is 10.0 Å². The fourth-order valence-corrected chi connectivity index (χ4v) is 12.6. The average Bonchev–Trinajstić information content (AvgIpc) is 2.97. The molecule has 0 aromatic heterocycles. The molecule has 0 aliphatic heterocycles. The molecule has 3 heteroatoms. The third kappa shape index (κ3) is 7.26. The molecule has 0 fully saturated rings. The molecule has 0 saturated heterocycles. The van der Waals surface area contributed by atoms with Crippen LogP contribution in [0.2, 0.25) is 10.0 Å². The van der Waals surface area contributed by atoms with Gasteiger partial charge in [0.05, 0.1) is 0 Å². The van der Waals surface area contributed by atoms with Gasteiger partial charge in [-0.3, -0.25) is 0 Å². The molecular weight excluding hydrogens is 720 g/mol. The molecule has 6 aromatic carbocycles. The van der Waals surface area contributed by atoms with Crippen LogP contribution in [0.4, 0.5) is 0 Å². The number of halogens is 2. The number of aryl methyl sites for hydroxylation is 12. The summed E-state index contributed by atoms with van der Waals surface area (Å²) in [7, 11) is 0. The zero-order valence-electron chi connectivity index (χ0n) is 32.2. The Morgan fingerprint density at radius 2 is 0.471 bits per heavy atom. The first-order valence-corrected chi connectivity index (χ1v) is 20.7. The van der Waals surface area contributed by atoms with Gasteiger partial charge in [0.25, 0.3) is 0 Å². The van der Waals surface area contributed by atoms with Gasteiger partial charge < -0.3 is 0 Å². The Kier molecular flexibility index (Phi) is 10.5. The van der Waals surface area contributed by atoms with Gasteiger partial charge in [-0.2, -0.15) is 0 Å². The van der Waals surface area contributed by atoms with Crippen molar-refractivity contribution in [3.05, 3.63) is 150 Å². The van der Waals surface area contributed by atoms with Crippen LogP contribution < -0.4 is 8.79 Å². The fraction of sp³-hybridized carbons (Fsp3) is 0.250. The second kappa shape index (κ2) is 14.5. The van der Waals surface area contributed by atoms with E-state index in [9.17, 15) is 0 Å². The molecule has 0 unspecified atom stereocenters. The van der Waals surface area contributed by atoms with Gasteiger partial charge in [0.15, 0.2) is 0 Å². The first-order valence-electron chi connectivity index (χ1n) is 17.8. The topological polar surface area (TPSA) is 0 Å². The zero-order valence-corrected chi connectivity index (χ0v) is 35.8. The molecule has 0 aliphatic rings. The van der Waals surface area contributed by atoms with E-state index in [2.05, 4.69) is 156 Å². The summed E-state index contributed by atoms with van der Waals surface area (Å²) >= 11 is 13.3. The summed E-state index contributed by atoms with van der Waals surface area (Å²) in [5.41, 5.74) is 25.4.